The van der Waals surface area contributed by atoms with Crippen LogP contribution in [0, 0.1) is 0 Å². The van der Waals surface area contributed by atoms with E-state index in [0.717, 1.165) is 21.9 Å². The molecule has 1 N–H and O–H groups in total. The maximum Gasteiger partial charge on any atom is 0.212 e. The molecular formula is C20H17N5O3S2. The van der Waals surface area contributed by atoms with E-state index in [-0.39, 0.29) is 5.25 Å². The van der Waals surface area contributed by atoms with Gasteiger partial charge in [-0.1, -0.05) is 48.2 Å². The standard InChI is InChI=1S/C20H17N5O3S2/c1-30(26,27)24-18-15-8-2-5-13-6-3-9-16(17(13)15)19(18)29-20-23-21-12-25(20)22-11-14-7-4-10-28-14/h2-12,18-19,24H,1H3. The summed E-state index contributed by atoms with van der Waals surface area (Å²) in [5.74, 6) is 0.606. The molecule has 2 aromatic carbocycles. The lowest BCUT2D eigenvalue weighted by Crippen LogP contribution is -2.28. The Morgan fingerprint density at radius 3 is 2.70 bits per heavy atom. The molecule has 0 spiro atoms. The van der Waals surface area contributed by atoms with Crippen LogP contribution in [-0.4, -0.2) is 35.8 Å². The van der Waals surface area contributed by atoms with Gasteiger partial charge < -0.3 is 4.42 Å². The van der Waals surface area contributed by atoms with Gasteiger partial charge in [0.05, 0.1) is 30.0 Å². The zero-order valence-corrected chi connectivity index (χ0v) is 17.5. The largest absolute Gasteiger partial charge is 0.463 e. The van der Waals surface area contributed by atoms with Crippen molar-refractivity contribution in [1.29, 1.82) is 0 Å². The molecule has 5 rings (SSSR count). The third-order valence-corrected chi connectivity index (χ3v) is 6.78. The molecule has 0 bridgehead atoms. The number of nitrogens with zero attached hydrogens (tertiary/aromatic N) is 4. The molecule has 10 heteroatoms. The van der Waals surface area contributed by atoms with E-state index in [1.54, 1.807) is 29.3 Å². The SMILES string of the molecule is CS(=O)(=O)NC1c2cccc3cccc(c23)C1Sc1nncn1N=Cc1ccco1. The first-order chi connectivity index (χ1) is 14.5. The fraction of sp³-hybridized carbons (Fsp3) is 0.150. The minimum Gasteiger partial charge on any atom is -0.463 e. The van der Waals surface area contributed by atoms with Crippen LogP contribution in [0.2, 0.25) is 0 Å². The van der Waals surface area contributed by atoms with E-state index < -0.39 is 16.1 Å². The van der Waals surface area contributed by atoms with Crippen LogP contribution in [0.3, 0.4) is 0 Å². The van der Waals surface area contributed by atoms with Gasteiger partial charge in [-0.15, -0.1) is 10.2 Å². The second-order valence-electron chi connectivity index (χ2n) is 6.92. The lowest BCUT2D eigenvalue weighted by molar-refractivity contribution is 0.558. The van der Waals surface area contributed by atoms with E-state index in [1.807, 2.05) is 36.4 Å². The number of benzene rings is 2. The maximum atomic E-state index is 12.1. The van der Waals surface area contributed by atoms with Crippen molar-refractivity contribution in [2.75, 3.05) is 6.26 Å². The van der Waals surface area contributed by atoms with Crippen molar-refractivity contribution in [3.8, 4) is 0 Å². The fourth-order valence-corrected chi connectivity index (χ4v) is 5.71. The van der Waals surface area contributed by atoms with Gasteiger partial charge in [0.2, 0.25) is 15.2 Å². The Hall–Kier alpha value is -2.95. The first-order valence-corrected chi connectivity index (χ1v) is 11.9. The van der Waals surface area contributed by atoms with Crippen LogP contribution >= 0.6 is 11.8 Å². The van der Waals surface area contributed by atoms with Crippen LogP contribution in [-0.2, 0) is 10.0 Å². The lowest BCUT2D eigenvalue weighted by Gasteiger charge is -2.21. The van der Waals surface area contributed by atoms with E-state index in [4.69, 9.17) is 4.42 Å². The summed E-state index contributed by atoms with van der Waals surface area (Å²) in [5, 5.41) is 15.0. The Morgan fingerprint density at radius 2 is 1.97 bits per heavy atom. The molecule has 0 aliphatic heterocycles. The Balaban J connectivity index is 1.54. The highest BCUT2D eigenvalue weighted by Crippen LogP contribution is 2.52. The summed E-state index contributed by atoms with van der Waals surface area (Å²) in [6, 6.07) is 15.1. The zero-order valence-electron chi connectivity index (χ0n) is 15.8. The minimum atomic E-state index is -3.43. The monoisotopic (exact) mass is 439 g/mol. The highest BCUT2D eigenvalue weighted by molar-refractivity contribution is 7.99. The van der Waals surface area contributed by atoms with Crippen molar-refractivity contribution >= 4 is 38.8 Å². The lowest BCUT2D eigenvalue weighted by atomic mass is 10.1. The van der Waals surface area contributed by atoms with Crippen LogP contribution in [0.4, 0.5) is 0 Å². The van der Waals surface area contributed by atoms with Crippen LogP contribution in [0.25, 0.3) is 10.8 Å². The number of furan rings is 1. The van der Waals surface area contributed by atoms with E-state index in [0.29, 0.717) is 10.9 Å². The molecule has 1 aliphatic rings. The quantitative estimate of drug-likeness (QED) is 0.462. The Morgan fingerprint density at radius 1 is 1.17 bits per heavy atom. The summed E-state index contributed by atoms with van der Waals surface area (Å²) < 4.78 is 33.9. The molecule has 0 fully saturated rings. The molecule has 8 nitrogen and oxygen atoms in total. The summed E-state index contributed by atoms with van der Waals surface area (Å²) >= 11 is 1.42. The number of aromatic nitrogens is 3. The van der Waals surface area contributed by atoms with E-state index in [9.17, 15) is 8.42 Å². The number of nitrogens with one attached hydrogen (secondary N) is 1. The van der Waals surface area contributed by atoms with E-state index in [2.05, 4.69) is 20.0 Å². The van der Waals surface area contributed by atoms with Gasteiger partial charge in [0.25, 0.3) is 0 Å². The average molecular weight is 440 g/mol. The predicted molar refractivity (Wildman–Crippen MR) is 115 cm³/mol. The predicted octanol–water partition coefficient (Wildman–Crippen LogP) is 3.34. The van der Waals surface area contributed by atoms with Crippen LogP contribution < -0.4 is 4.72 Å². The average Bonchev–Trinajstić information content (AvgIpc) is 3.44. The number of hydrogen-bond acceptors (Lipinski definition) is 7. The molecule has 2 atom stereocenters. The van der Waals surface area contributed by atoms with Gasteiger partial charge in [0, 0.05) is 0 Å². The second kappa shape index (κ2) is 7.38. The second-order valence-corrected chi connectivity index (χ2v) is 9.81. The minimum absolute atomic E-state index is 0.220. The molecule has 152 valence electrons. The van der Waals surface area contributed by atoms with Gasteiger partial charge in [-0.25, -0.2) is 13.1 Å². The number of hydrogen-bond donors (Lipinski definition) is 1. The molecule has 1 aliphatic carbocycles. The van der Waals surface area contributed by atoms with Gasteiger partial charge in [-0.2, -0.15) is 9.78 Å². The summed E-state index contributed by atoms with van der Waals surface area (Å²) in [4.78, 5) is 0. The van der Waals surface area contributed by atoms with Gasteiger partial charge in [0.15, 0.2) is 0 Å². The third-order valence-electron chi connectivity index (χ3n) is 4.84. The molecule has 2 heterocycles. The van der Waals surface area contributed by atoms with Crippen molar-refractivity contribution in [1.82, 2.24) is 19.6 Å². The first kappa shape index (κ1) is 19.0. The highest BCUT2D eigenvalue weighted by Gasteiger charge is 2.37. The van der Waals surface area contributed by atoms with E-state index in [1.165, 1.54) is 24.3 Å². The van der Waals surface area contributed by atoms with Gasteiger partial charge in [-0.05, 0) is 34.0 Å². The first-order valence-electron chi connectivity index (χ1n) is 9.13. The topological polar surface area (TPSA) is 102 Å². The fourth-order valence-electron chi connectivity index (χ4n) is 3.70. The summed E-state index contributed by atoms with van der Waals surface area (Å²) in [7, 11) is -3.43. The van der Waals surface area contributed by atoms with Gasteiger partial charge >= 0.3 is 0 Å². The Kier molecular flexibility index (Phi) is 4.69. The summed E-state index contributed by atoms with van der Waals surface area (Å²) in [6.45, 7) is 0. The molecule has 4 aromatic rings. The van der Waals surface area contributed by atoms with E-state index >= 15 is 0 Å². The van der Waals surface area contributed by atoms with Crippen molar-refractivity contribution < 1.29 is 12.8 Å². The normalized spacial score (nSPS) is 18.6. The number of thioether (sulfide) groups is 1. The Labute approximate surface area is 177 Å². The van der Waals surface area contributed by atoms with Crippen molar-refractivity contribution in [2.24, 2.45) is 5.10 Å². The zero-order chi connectivity index (χ0) is 20.7. The number of rotatable bonds is 6. The molecule has 2 unspecified atom stereocenters. The van der Waals surface area contributed by atoms with Crippen molar-refractivity contribution in [3.05, 3.63) is 78.0 Å². The molecular weight excluding hydrogens is 422 g/mol. The van der Waals surface area contributed by atoms with Crippen LogP contribution in [0.15, 0.2) is 75.8 Å². The van der Waals surface area contributed by atoms with Crippen LogP contribution in [0.5, 0.6) is 0 Å². The molecule has 0 radical (unpaired) electrons. The smallest absolute Gasteiger partial charge is 0.212 e. The van der Waals surface area contributed by atoms with Crippen molar-refractivity contribution in [3.63, 3.8) is 0 Å². The molecule has 0 saturated carbocycles. The molecule has 0 saturated heterocycles. The highest BCUT2D eigenvalue weighted by atomic mass is 32.2. The van der Waals surface area contributed by atoms with Crippen LogP contribution in [0.1, 0.15) is 28.2 Å². The summed E-state index contributed by atoms with van der Waals surface area (Å²) in [6.07, 6.45) is 5.82. The maximum absolute atomic E-state index is 12.1. The number of sulfonamides is 1. The van der Waals surface area contributed by atoms with Crippen molar-refractivity contribution in [2.45, 2.75) is 16.4 Å². The molecule has 2 aromatic heterocycles. The molecule has 30 heavy (non-hydrogen) atoms. The summed E-state index contributed by atoms with van der Waals surface area (Å²) in [5.41, 5.74) is 2.01. The third kappa shape index (κ3) is 3.53. The Bertz CT molecular complexity index is 1340. The van der Waals surface area contributed by atoms with Gasteiger partial charge in [0.1, 0.15) is 12.1 Å². The van der Waals surface area contributed by atoms with Gasteiger partial charge in [-0.3, -0.25) is 0 Å². The molecule has 0 amide bonds.